The van der Waals surface area contributed by atoms with E-state index in [9.17, 15) is 9.18 Å². The van der Waals surface area contributed by atoms with Gasteiger partial charge in [-0.3, -0.25) is 9.69 Å². The molecule has 1 saturated heterocycles. The zero-order valence-electron chi connectivity index (χ0n) is 21.9. The first-order chi connectivity index (χ1) is 19.1. The number of para-hydroxylation sites is 1. The van der Waals surface area contributed by atoms with Crippen LogP contribution in [0, 0.1) is 17.7 Å². The first-order valence-electron chi connectivity index (χ1n) is 13.8. The SMILES string of the molecule is O=C(NC[C@H]1CCC[C@@H]1CN1CCN(c2noc3cc(F)ccc23)CC1)c1cccc(Oc2ccccc2)c1. The number of amides is 1. The number of piperazine rings is 1. The lowest BCUT2D eigenvalue weighted by Crippen LogP contribution is -2.48. The number of aromatic nitrogens is 1. The Hall–Kier alpha value is -3.91. The molecule has 2 fully saturated rings. The van der Waals surface area contributed by atoms with Crippen LogP contribution in [0.5, 0.6) is 11.5 Å². The molecule has 39 heavy (non-hydrogen) atoms. The summed E-state index contributed by atoms with van der Waals surface area (Å²) in [5, 5.41) is 8.24. The molecule has 1 amide bonds. The van der Waals surface area contributed by atoms with Crippen molar-refractivity contribution in [2.75, 3.05) is 44.2 Å². The van der Waals surface area contributed by atoms with Crippen LogP contribution in [0.25, 0.3) is 11.0 Å². The number of anilines is 1. The second kappa shape index (κ2) is 11.5. The van der Waals surface area contributed by atoms with Crippen molar-refractivity contribution in [2.45, 2.75) is 19.3 Å². The van der Waals surface area contributed by atoms with Gasteiger partial charge in [-0.15, -0.1) is 0 Å². The highest BCUT2D eigenvalue weighted by Crippen LogP contribution is 2.33. The van der Waals surface area contributed by atoms with E-state index < -0.39 is 0 Å². The molecular weight excluding hydrogens is 495 g/mol. The molecule has 202 valence electrons. The van der Waals surface area contributed by atoms with Gasteiger partial charge in [-0.05, 0) is 67.1 Å². The van der Waals surface area contributed by atoms with Crippen LogP contribution in [0.15, 0.2) is 77.3 Å². The van der Waals surface area contributed by atoms with Gasteiger partial charge >= 0.3 is 0 Å². The summed E-state index contributed by atoms with van der Waals surface area (Å²) < 4.78 is 24.8. The Labute approximate surface area is 227 Å². The molecule has 1 aliphatic heterocycles. The van der Waals surface area contributed by atoms with Crippen molar-refractivity contribution in [1.82, 2.24) is 15.4 Å². The van der Waals surface area contributed by atoms with E-state index in [0.717, 1.165) is 56.1 Å². The number of nitrogens with one attached hydrogen (secondary N) is 1. The third kappa shape index (κ3) is 5.91. The van der Waals surface area contributed by atoms with Crippen molar-refractivity contribution >= 4 is 22.7 Å². The third-order valence-corrected chi connectivity index (χ3v) is 8.00. The second-order valence-corrected chi connectivity index (χ2v) is 10.5. The van der Waals surface area contributed by atoms with E-state index in [1.165, 1.54) is 25.0 Å². The Morgan fingerprint density at radius 2 is 1.74 bits per heavy atom. The molecule has 4 aromatic rings. The van der Waals surface area contributed by atoms with E-state index in [2.05, 4.69) is 20.3 Å². The molecule has 6 rings (SSSR count). The molecule has 8 heteroatoms. The smallest absolute Gasteiger partial charge is 0.251 e. The number of hydrogen-bond donors (Lipinski definition) is 1. The largest absolute Gasteiger partial charge is 0.457 e. The molecule has 0 spiro atoms. The second-order valence-electron chi connectivity index (χ2n) is 10.5. The van der Waals surface area contributed by atoms with Gasteiger partial charge in [0.2, 0.25) is 0 Å². The average molecular weight is 529 g/mol. The molecule has 0 bridgehead atoms. The van der Waals surface area contributed by atoms with Crippen LogP contribution < -0.4 is 15.0 Å². The Morgan fingerprint density at radius 3 is 2.59 bits per heavy atom. The lowest BCUT2D eigenvalue weighted by molar-refractivity contribution is 0.0940. The van der Waals surface area contributed by atoms with Gasteiger partial charge in [-0.25, -0.2) is 4.39 Å². The Kier molecular flexibility index (Phi) is 7.45. The lowest BCUT2D eigenvalue weighted by Gasteiger charge is -2.37. The lowest BCUT2D eigenvalue weighted by atomic mass is 9.95. The highest BCUT2D eigenvalue weighted by Gasteiger charge is 2.31. The van der Waals surface area contributed by atoms with Gasteiger partial charge in [-0.2, -0.15) is 0 Å². The van der Waals surface area contributed by atoms with Gasteiger partial charge in [0.05, 0.1) is 5.39 Å². The predicted molar refractivity (Wildman–Crippen MR) is 149 cm³/mol. The summed E-state index contributed by atoms with van der Waals surface area (Å²) >= 11 is 0. The molecule has 7 nitrogen and oxygen atoms in total. The number of hydrogen-bond acceptors (Lipinski definition) is 6. The summed E-state index contributed by atoms with van der Waals surface area (Å²) in [6, 6.07) is 21.5. The van der Waals surface area contributed by atoms with Gasteiger partial charge in [-0.1, -0.05) is 35.8 Å². The van der Waals surface area contributed by atoms with Crippen LogP contribution in [-0.2, 0) is 0 Å². The molecule has 2 atom stereocenters. The molecule has 2 aliphatic rings. The number of nitrogens with zero attached hydrogens (tertiary/aromatic N) is 3. The van der Waals surface area contributed by atoms with E-state index in [0.29, 0.717) is 35.3 Å². The van der Waals surface area contributed by atoms with Crippen molar-refractivity contribution in [1.29, 1.82) is 0 Å². The van der Waals surface area contributed by atoms with Gasteiger partial charge in [0.1, 0.15) is 17.3 Å². The maximum atomic E-state index is 13.5. The van der Waals surface area contributed by atoms with Gasteiger partial charge in [0.25, 0.3) is 5.91 Å². The monoisotopic (exact) mass is 528 g/mol. The summed E-state index contributed by atoms with van der Waals surface area (Å²) in [5.74, 6) is 2.86. The Morgan fingerprint density at radius 1 is 0.949 bits per heavy atom. The fourth-order valence-corrected chi connectivity index (χ4v) is 5.87. The molecule has 2 heterocycles. The molecule has 3 aromatic carbocycles. The average Bonchev–Trinajstić information content (AvgIpc) is 3.59. The van der Waals surface area contributed by atoms with Gasteiger partial charge in [0, 0.05) is 50.9 Å². The standard InChI is InChI=1S/C31H33FN4O3/c32-25-12-13-28-29(19-25)39-34-30(28)36-16-14-35(15-17-36)21-24-8-4-7-23(24)20-33-31(37)22-6-5-11-27(18-22)38-26-9-2-1-3-10-26/h1-3,5-6,9-13,18-19,23-24H,4,7-8,14-17,20-21H2,(H,33,37)/t23-,24-/m1/s1. The molecular formula is C31H33FN4O3. The summed E-state index contributed by atoms with van der Waals surface area (Å²) in [6.45, 7) is 5.33. The van der Waals surface area contributed by atoms with Crippen LogP contribution in [-0.4, -0.2) is 55.2 Å². The minimum absolute atomic E-state index is 0.0625. The first-order valence-corrected chi connectivity index (χ1v) is 13.8. The highest BCUT2D eigenvalue weighted by molar-refractivity contribution is 5.94. The third-order valence-electron chi connectivity index (χ3n) is 8.00. The van der Waals surface area contributed by atoms with Crippen LogP contribution in [0.2, 0.25) is 0 Å². The first kappa shape index (κ1) is 25.4. The number of carbonyl (C=O) groups is 1. The van der Waals surface area contributed by atoms with Gasteiger partial charge in [0.15, 0.2) is 11.4 Å². The van der Waals surface area contributed by atoms with Crippen molar-refractivity contribution in [2.24, 2.45) is 11.8 Å². The Balaban J connectivity index is 0.995. The minimum atomic E-state index is -0.317. The number of benzene rings is 3. The van der Waals surface area contributed by atoms with E-state index in [4.69, 9.17) is 9.26 Å². The fraction of sp³-hybridized carbons (Fsp3) is 0.355. The zero-order valence-corrected chi connectivity index (χ0v) is 21.9. The predicted octanol–water partition coefficient (Wildman–Crippen LogP) is 5.73. The molecule has 0 radical (unpaired) electrons. The number of fused-ring (bicyclic) bond motifs is 1. The normalized spacial score (nSPS) is 19.9. The highest BCUT2D eigenvalue weighted by atomic mass is 19.1. The summed E-state index contributed by atoms with van der Waals surface area (Å²) in [4.78, 5) is 17.7. The van der Waals surface area contributed by atoms with Crippen LogP contribution in [0.3, 0.4) is 0 Å². The fourth-order valence-electron chi connectivity index (χ4n) is 5.87. The van der Waals surface area contributed by atoms with E-state index >= 15 is 0 Å². The van der Waals surface area contributed by atoms with Gasteiger partial charge < -0.3 is 19.5 Å². The summed E-state index contributed by atoms with van der Waals surface area (Å²) in [5.41, 5.74) is 1.09. The van der Waals surface area contributed by atoms with Crippen molar-refractivity contribution < 1.29 is 18.4 Å². The summed E-state index contributed by atoms with van der Waals surface area (Å²) in [7, 11) is 0. The minimum Gasteiger partial charge on any atom is -0.457 e. The topological polar surface area (TPSA) is 70.8 Å². The Bertz CT molecular complexity index is 1420. The molecule has 1 aromatic heterocycles. The quantitative estimate of drug-likeness (QED) is 0.315. The van der Waals surface area contributed by atoms with Crippen LogP contribution in [0.4, 0.5) is 10.2 Å². The summed E-state index contributed by atoms with van der Waals surface area (Å²) in [6.07, 6.45) is 3.54. The molecule has 0 unspecified atom stereocenters. The van der Waals surface area contributed by atoms with Crippen molar-refractivity contribution in [3.05, 3.63) is 84.2 Å². The number of rotatable bonds is 8. The maximum absolute atomic E-state index is 13.5. The number of carbonyl (C=O) groups excluding carboxylic acids is 1. The van der Waals surface area contributed by atoms with Crippen molar-refractivity contribution in [3.63, 3.8) is 0 Å². The van der Waals surface area contributed by atoms with E-state index in [1.54, 1.807) is 12.1 Å². The maximum Gasteiger partial charge on any atom is 0.251 e. The molecule has 1 aliphatic carbocycles. The molecule has 1 N–H and O–H groups in total. The number of halogens is 1. The van der Waals surface area contributed by atoms with Crippen molar-refractivity contribution in [3.8, 4) is 11.5 Å². The van der Waals surface area contributed by atoms with E-state index in [-0.39, 0.29) is 11.7 Å². The van der Waals surface area contributed by atoms with Crippen LogP contribution in [0.1, 0.15) is 29.6 Å². The number of ether oxygens (including phenoxy) is 1. The van der Waals surface area contributed by atoms with Crippen LogP contribution >= 0.6 is 0 Å². The zero-order chi connectivity index (χ0) is 26.6. The van der Waals surface area contributed by atoms with E-state index in [1.807, 2.05) is 48.5 Å². The molecule has 1 saturated carbocycles.